The molecule has 0 saturated carbocycles. The number of esters is 1. The fourth-order valence-corrected chi connectivity index (χ4v) is 4.58. The number of anilines is 1. The third-order valence-electron chi connectivity index (χ3n) is 5.53. The SMILES string of the molecule is CCSCCOC(=O)C1C(C)=NC2=C(C(=O)CCC2)[C@@H]1c1ccc(N(C)C)cc1. The van der Waals surface area contributed by atoms with Gasteiger partial charge in [-0.25, -0.2) is 0 Å². The molecule has 3 rings (SSSR count). The van der Waals surface area contributed by atoms with Crippen LogP contribution in [0.2, 0.25) is 0 Å². The molecule has 1 aliphatic carbocycles. The van der Waals surface area contributed by atoms with E-state index < -0.39 is 5.92 Å². The van der Waals surface area contributed by atoms with Crippen LogP contribution in [0.5, 0.6) is 0 Å². The summed E-state index contributed by atoms with van der Waals surface area (Å²) < 4.78 is 5.60. The lowest BCUT2D eigenvalue weighted by Gasteiger charge is -2.34. The maximum Gasteiger partial charge on any atom is 0.315 e. The van der Waals surface area contributed by atoms with Crippen LogP contribution in [0.3, 0.4) is 0 Å². The smallest absolute Gasteiger partial charge is 0.315 e. The Morgan fingerprint density at radius 2 is 1.97 bits per heavy atom. The number of Topliss-reactive ketones (excluding diaryl/α,β-unsaturated/α-hetero) is 1. The first-order valence-corrected chi connectivity index (χ1v) is 11.4. The van der Waals surface area contributed by atoms with Crippen LogP contribution in [0.1, 0.15) is 44.6 Å². The highest BCUT2D eigenvalue weighted by atomic mass is 32.2. The van der Waals surface area contributed by atoms with E-state index in [0.717, 1.165) is 47.0 Å². The molecule has 0 N–H and O–H groups in total. The second kappa shape index (κ2) is 9.61. The summed E-state index contributed by atoms with van der Waals surface area (Å²) in [5.41, 5.74) is 4.36. The van der Waals surface area contributed by atoms with Crippen molar-refractivity contribution in [3.05, 3.63) is 41.1 Å². The summed E-state index contributed by atoms with van der Waals surface area (Å²) in [5, 5.41) is 0. The molecule has 1 aromatic carbocycles. The summed E-state index contributed by atoms with van der Waals surface area (Å²) in [4.78, 5) is 32.6. The minimum atomic E-state index is -0.548. The first-order valence-electron chi connectivity index (χ1n) is 10.3. The fourth-order valence-electron chi connectivity index (χ4n) is 4.09. The average molecular weight is 415 g/mol. The van der Waals surface area contributed by atoms with Crippen molar-refractivity contribution in [2.75, 3.05) is 37.1 Å². The molecule has 0 fully saturated rings. The van der Waals surface area contributed by atoms with Gasteiger partial charge in [0.15, 0.2) is 5.78 Å². The van der Waals surface area contributed by atoms with Crippen LogP contribution < -0.4 is 4.90 Å². The van der Waals surface area contributed by atoms with Gasteiger partial charge in [0, 0.05) is 54.9 Å². The number of nitrogens with zero attached hydrogens (tertiary/aromatic N) is 2. The predicted octanol–water partition coefficient (Wildman–Crippen LogP) is 4.23. The summed E-state index contributed by atoms with van der Waals surface area (Å²) in [6.45, 7) is 4.35. The number of thioether (sulfide) groups is 1. The summed E-state index contributed by atoms with van der Waals surface area (Å²) in [7, 11) is 3.98. The Bertz CT molecular complexity index is 827. The van der Waals surface area contributed by atoms with Gasteiger partial charge in [-0.3, -0.25) is 14.6 Å². The Balaban J connectivity index is 1.97. The van der Waals surface area contributed by atoms with Crippen LogP contribution in [0.4, 0.5) is 5.69 Å². The van der Waals surface area contributed by atoms with Crippen molar-refractivity contribution in [2.45, 2.75) is 39.0 Å². The standard InChI is InChI=1S/C23H30N2O3S/c1-5-29-14-13-28-23(27)20-15(2)24-18-7-6-8-19(26)22(18)21(20)16-9-11-17(12-10-16)25(3)4/h9-12,20-21H,5-8,13-14H2,1-4H3/t20?,21-/m1/s1. The minimum Gasteiger partial charge on any atom is -0.464 e. The lowest BCUT2D eigenvalue weighted by atomic mass is 9.72. The number of carbonyl (C=O) groups is 2. The molecular formula is C23H30N2O3S. The summed E-state index contributed by atoms with van der Waals surface area (Å²) in [6, 6.07) is 8.12. The number of hydrogen-bond donors (Lipinski definition) is 0. The zero-order valence-corrected chi connectivity index (χ0v) is 18.6. The quantitative estimate of drug-likeness (QED) is 0.494. The normalized spacial score (nSPS) is 21.5. The Hall–Kier alpha value is -2.08. The van der Waals surface area contributed by atoms with E-state index >= 15 is 0 Å². The minimum absolute atomic E-state index is 0.114. The molecule has 1 unspecified atom stereocenters. The number of ketones is 1. The summed E-state index contributed by atoms with van der Waals surface area (Å²) >= 11 is 1.74. The highest BCUT2D eigenvalue weighted by Crippen LogP contribution is 2.43. The lowest BCUT2D eigenvalue weighted by molar-refractivity contribution is -0.145. The van der Waals surface area contributed by atoms with Crippen molar-refractivity contribution in [1.82, 2.24) is 0 Å². The maximum atomic E-state index is 13.1. The molecule has 0 spiro atoms. The van der Waals surface area contributed by atoms with Gasteiger partial charge in [-0.1, -0.05) is 19.1 Å². The summed E-state index contributed by atoms with van der Waals surface area (Å²) in [6.07, 6.45) is 2.14. The van der Waals surface area contributed by atoms with Gasteiger partial charge >= 0.3 is 5.97 Å². The van der Waals surface area contributed by atoms with Crippen molar-refractivity contribution in [3.8, 4) is 0 Å². The van der Waals surface area contributed by atoms with Crippen molar-refractivity contribution < 1.29 is 14.3 Å². The van der Waals surface area contributed by atoms with Crippen LogP contribution in [-0.2, 0) is 14.3 Å². The van der Waals surface area contributed by atoms with Gasteiger partial charge in [-0.15, -0.1) is 0 Å². The highest BCUT2D eigenvalue weighted by molar-refractivity contribution is 7.99. The van der Waals surface area contributed by atoms with E-state index in [1.165, 1.54) is 0 Å². The first kappa shape index (κ1) is 21.6. The van der Waals surface area contributed by atoms with Gasteiger partial charge < -0.3 is 9.64 Å². The second-order valence-corrected chi connectivity index (χ2v) is 9.09. The molecule has 0 aromatic heterocycles. The molecule has 0 bridgehead atoms. The second-order valence-electron chi connectivity index (χ2n) is 7.70. The first-order chi connectivity index (χ1) is 13.9. The zero-order valence-electron chi connectivity index (χ0n) is 17.7. The van der Waals surface area contributed by atoms with Crippen LogP contribution >= 0.6 is 11.8 Å². The number of hydrogen-bond acceptors (Lipinski definition) is 6. The molecule has 0 radical (unpaired) electrons. The fraction of sp³-hybridized carbons (Fsp3) is 0.522. The van der Waals surface area contributed by atoms with Gasteiger partial charge in [0.05, 0.1) is 0 Å². The van der Waals surface area contributed by atoms with Gasteiger partial charge in [0.1, 0.15) is 12.5 Å². The van der Waals surface area contributed by atoms with Crippen LogP contribution in [0.25, 0.3) is 0 Å². The average Bonchev–Trinajstić information content (AvgIpc) is 2.70. The molecular weight excluding hydrogens is 384 g/mol. The monoisotopic (exact) mass is 414 g/mol. The molecule has 1 aliphatic heterocycles. The number of ether oxygens (including phenoxy) is 1. The molecule has 29 heavy (non-hydrogen) atoms. The molecule has 0 amide bonds. The molecule has 0 saturated heterocycles. The Kier molecular flexibility index (Phi) is 7.17. The van der Waals surface area contributed by atoms with Crippen LogP contribution in [-0.4, -0.2) is 49.7 Å². The molecule has 1 aromatic rings. The van der Waals surface area contributed by atoms with Gasteiger partial charge in [0.25, 0.3) is 0 Å². The van der Waals surface area contributed by atoms with Gasteiger partial charge in [0.2, 0.25) is 0 Å². The van der Waals surface area contributed by atoms with E-state index in [0.29, 0.717) is 18.6 Å². The Morgan fingerprint density at radius 1 is 1.24 bits per heavy atom. The van der Waals surface area contributed by atoms with Crippen molar-refractivity contribution in [3.63, 3.8) is 0 Å². The molecule has 6 heteroatoms. The number of aliphatic imine (C=N–C) groups is 1. The number of allylic oxidation sites excluding steroid dienone is 2. The van der Waals surface area contributed by atoms with Crippen LogP contribution in [0.15, 0.2) is 40.5 Å². The highest BCUT2D eigenvalue weighted by Gasteiger charge is 2.43. The molecule has 1 heterocycles. The van der Waals surface area contributed by atoms with Crippen molar-refractivity contribution >= 4 is 34.9 Å². The van der Waals surface area contributed by atoms with Crippen molar-refractivity contribution in [1.29, 1.82) is 0 Å². The third kappa shape index (κ3) is 4.74. The van der Waals surface area contributed by atoms with E-state index in [9.17, 15) is 9.59 Å². The third-order valence-corrected chi connectivity index (χ3v) is 6.40. The van der Waals surface area contributed by atoms with E-state index in [2.05, 4.69) is 11.9 Å². The zero-order chi connectivity index (χ0) is 21.0. The van der Waals surface area contributed by atoms with E-state index in [1.807, 2.05) is 50.2 Å². The topological polar surface area (TPSA) is 59.0 Å². The largest absolute Gasteiger partial charge is 0.464 e. The number of benzene rings is 1. The Morgan fingerprint density at radius 3 is 2.62 bits per heavy atom. The molecule has 5 nitrogen and oxygen atoms in total. The lowest BCUT2D eigenvalue weighted by Crippen LogP contribution is -2.37. The number of carbonyl (C=O) groups excluding carboxylic acids is 2. The predicted molar refractivity (Wildman–Crippen MR) is 120 cm³/mol. The van der Waals surface area contributed by atoms with E-state index in [1.54, 1.807) is 11.8 Å². The summed E-state index contributed by atoms with van der Waals surface area (Å²) in [5.74, 6) is 0.733. The molecule has 156 valence electrons. The van der Waals surface area contributed by atoms with E-state index in [4.69, 9.17) is 4.74 Å². The maximum absolute atomic E-state index is 13.1. The Labute approximate surface area is 177 Å². The van der Waals surface area contributed by atoms with Gasteiger partial charge in [-0.2, -0.15) is 11.8 Å². The van der Waals surface area contributed by atoms with E-state index in [-0.39, 0.29) is 17.7 Å². The van der Waals surface area contributed by atoms with Gasteiger partial charge in [-0.05, 0) is 43.2 Å². The number of rotatable bonds is 7. The molecule has 2 atom stereocenters. The van der Waals surface area contributed by atoms with Crippen LogP contribution in [0, 0.1) is 5.92 Å². The molecule has 2 aliphatic rings. The van der Waals surface area contributed by atoms with Crippen molar-refractivity contribution in [2.24, 2.45) is 10.9 Å².